The predicted molar refractivity (Wildman–Crippen MR) is 74.3 cm³/mol. The third-order valence-electron chi connectivity index (χ3n) is 2.98. The molecule has 0 spiro atoms. The van der Waals surface area contributed by atoms with Crippen LogP contribution >= 0.6 is 0 Å². The van der Waals surface area contributed by atoms with E-state index in [4.69, 9.17) is 9.26 Å². The summed E-state index contributed by atoms with van der Waals surface area (Å²) in [4.78, 5) is 8.59. The van der Waals surface area contributed by atoms with E-state index in [1.807, 2.05) is 43.3 Å². The minimum Gasteiger partial charge on any atom is -0.497 e. The zero-order valence-electron chi connectivity index (χ0n) is 11.2. The molecule has 100 valence electrons. The largest absolute Gasteiger partial charge is 0.497 e. The zero-order valence-corrected chi connectivity index (χ0v) is 11.2. The maximum absolute atomic E-state index is 5.32. The van der Waals surface area contributed by atoms with Crippen molar-refractivity contribution in [1.82, 2.24) is 15.1 Å². The molecule has 0 N–H and O–H groups in total. The van der Waals surface area contributed by atoms with E-state index < -0.39 is 0 Å². The molecule has 0 bridgehead atoms. The molecule has 0 unspecified atom stereocenters. The number of methoxy groups -OCH3 is 1. The van der Waals surface area contributed by atoms with Gasteiger partial charge in [-0.15, -0.1) is 0 Å². The summed E-state index contributed by atoms with van der Waals surface area (Å²) in [6.45, 7) is 1.97. The van der Waals surface area contributed by atoms with Gasteiger partial charge in [-0.05, 0) is 42.8 Å². The lowest BCUT2D eigenvalue weighted by Gasteiger charge is -2.03. The molecule has 3 rings (SSSR count). The third-order valence-corrected chi connectivity index (χ3v) is 2.98. The van der Waals surface area contributed by atoms with Crippen molar-refractivity contribution in [2.75, 3.05) is 7.11 Å². The summed E-state index contributed by atoms with van der Waals surface area (Å²) in [6, 6.07) is 11.3. The molecule has 0 saturated carbocycles. The number of aryl methyl sites for hydroxylation is 1. The van der Waals surface area contributed by atoms with Crippen LogP contribution in [-0.4, -0.2) is 22.2 Å². The Labute approximate surface area is 116 Å². The number of pyridine rings is 1. The highest BCUT2D eigenvalue weighted by Gasteiger charge is 2.13. The molecule has 5 nitrogen and oxygen atoms in total. The summed E-state index contributed by atoms with van der Waals surface area (Å²) < 4.78 is 10.5. The number of benzene rings is 1. The first-order chi connectivity index (χ1) is 9.78. The second-order valence-electron chi connectivity index (χ2n) is 4.32. The summed E-state index contributed by atoms with van der Waals surface area (Å²) in [5.74, 6) is 1.76. The topological polar surface area (TPSA) is 61.0 Å². The summed E-state index contributed by atoms with van der Waals surface area (Å²) in [7, 11) is 1.64. The van der Waals surface area contributed by atoms with Crippen molar-refractivity contribution in [1.29, 1.82) is 0 Å². The highest BCUT2D eigenvalue weighted by atomic mass is 16.5. The fourth-order valence-electron chi connectivity index (χ4n) is 1.94. The van der Waals surface area contributed by atoms with Crippen molar-refractivity contribution in [3.8, 4) is 28.7 Å². The van der Waals surface area contributed by atoms with Crippen LogP contribution in [-0.2, 0) is 0 Å². The average molecular weight is 267 g/mol. The maximum atomic E-state index is 5.32. The third kappa shape index (κ3) is 2.25. The molecule has 0 saturated heterocycles. The van der Waals surface area contributed by atoms with E-state index in [2.05, 4.69) is 15.1 Å². The van der Waals surface area contributed by atoms with Crippen molar-refractivity contribution < 1.29 is 9.26 Å². The smallest absolute Gasteiger partial charge is 0.258 e. The van der Waals surface area contributed by atoms with Gasteiger partial charge in [0.1, 0.15) is 11.4 Å². The molecular weight excluding hydrogens is 254 g/mol. The first-order valence-corrected chi connectivity index (χ1v) is 6.18. The Morgan fingerprint density at radius 1 is 1.15 bits per heavy atom. The van der Waals surface area contributed by atoms with E-state index in [9.17, 15) is 0 Å². The standard InChI is InChI=1S/C15H13N3O2/c1-10-9-11(19-2)6-7-12(10)15-17-14(18-20-15)13-5-3-4-8-16-13/h3-9H,1-2H3. The fourth-order valence-corrected chi connectivity index (χ4v) is 1.94. The van der Waals surface area contributed by atoms with Crippen LogP contribution in [0.2, 0.25) is 0 Å². The van der Waals surface area contributed by atoms with Crippen molar-refractivity contribution in [2.45, 2.75) is 6.92 Å². The minimum atomic E-state index is 0.478. The minimum absolute atomic E-state index is 0.478. The molecule has 1 aromatic carbocycles. The predicted octanol–water partition coefficient (Wildman–Crippen LogP) is 3.12. The number of hydrogen-bond donors (Lipinski definition) is 0. The quantitative estimate of drug-likeness (QED) is 0.729. The van der Waals surface area contributed by atoms with Crippen LogP contribution in [0.5, 0.6) is 5.75 Å². The normalized spacial score (nSPS) is 10.5. The van der Waals surface area contributed by atoms with Crippen molar-refractivity contribution in [3.63, 3.8) is 0 Å². The molecule has 0 aliphatic rings. The van der Waals surface area contributed by atoms with Crippen LogP contribution < -0.4 is 4.74 Å². The van der Waals surface area contributed by atoms with E-state index in [1.54, 1.807) is 13.3 Å². The lowest BCUT2D eigenvalue weighted by molar-refractivity contribution is 0.414. The van der Waals surface area contributed by atoms with Gasteiger partial charge < -0.3 is 9.26 Å². The van der Waals surface area contributed by atoms with Crippen molar-refractivity contribution >= 4 is 0 Å². The molecule has 0 radical (unpaired) electrons. The maximum Gasteiger partial charge on any atom is 0.258 e. The van der Waals surface area contributed by atoms with Crippen LogP contribution in [0.15, 0.2) is 47.1 Å². The Kier molecular flexibility index (Phi) is 3.16. The highest BCUT2D eigenvalue weighted by molar-refractivity contribution is 5.62. The molecule has 0 fully saturated rings. The number of aromatic nitrogens is 3. The van der Waals surface area contributed by atoms with Gasteiger partial charge in [0.15, 0.2) is 0 Å². The highest BCUT2D eigenvalue weighted by Crippen LogP contribution is 2.26. The van der Waals surface area contributed by atoms with Crippen molar-refractivity contribution in [2.24, 2.45) is 0 Å². The molecule has 0 aliphatic carbocycles. The second-order valence-corrected chi connectivity index (χ2v) is 4.32. The van der Waals surface area contributed by atoms with Crippen LogP contribution in [0.3, 0.4) is 0 Å². The second kappa shape index (κ2) is 5.13. The van der Waals surface area contributed by atoms with E-state index >= 15 is 0 Å². The monoisotopic (exact) mass is 267 g/mol. The first kappa shape index (κ1) is 12.3. The van der Waals surface area contributed by atoms with Gasteiger partial charge in [0, 0.05) is 11.8 Å². The molecule has 0 atom stereocenters. The Bertz CT molecular complexity index is 723. The summed E-state index contributed by atoms with van der Waals surface area (Å²) in [5.41, 5.74) is 2.59. The lowest BCUT2D eigenvalue weighted by Crippen LogP contribution is -1.88. The van der Waals surface area contributed by atoms with E-state index in [1.165, 1.54) is 0 Å². The van der Waals surface area contributed by atoms with Crippen LogP contribution in [0.25, 0.3) is 23.0 Å². The number of hydrogen-bond acceptors (Lipinski definition) is 5. The molecule has 2 aromatic heterocycles. The van der Waals surface area contributed by atoms with Crippen molar-refractivity contribution in [3.05, 3.63) is 48.2 Å². The fraction of sp³-hybridized carbons (Fsp3) is 0.133. The Hall–Kier alpha value is -2.69. The number of nitrogens with zero attached hydrogens (tertiary/aromatic N) is 3. The molecule has 20 heavy (non-hydrogen) atoms. The van der Waals surface area contributed by atoms with Gasteiger partial charge >= 0.3 is 0 Å². The van der Waals surface area contributed by atoms with Gasteiger partial charge in [0.2, 0.25) is 5.82 Å². The number of ether oxygens (including phenoxy) is 1. The molecular formula is C15H13N3O2. The summed E-state index contributed by atoms with van der Waals surface area (Å²) in [6.07, 6.45) is 1.70. The van der Waals surface area contributed by atoms with E-state index in [0.717, 1.165) is 16.9 Å². The Morgan fingerprint density at radius 3 is 2.75 bits per heavy atom. The van der Waals surface area contributed by atoms with Gasteiger partial charge in [0.25, 0.3) is 5.89 Å². The van der Waals surface area contributed by atoms with Crippen LogP contribution in [0, 0.1) is 6.92 Å². The first-order valence-electron chi connectivity index (χ1n) is 6.18. The van der Waals surface area contributed by atoms with E-state index in [0.29, 0.717) is 17.4 Å². The molecule has 5 heteroatoms. The Morgan fingerprint density at radius 2 is 2.05 bits per heavy atom. The molecule has 0 amide bonds. The van der Waals surface area contributed by atoms with Gasteiger partial charge in [-0.25, -0.2) is 0 Å². The van der Waals surface area contributed by atoms with Gasteiger partial charge in [-0.2, -0.15) is 4.98 Å². The number of rotatable bonds is 3. The van der Waals surface area contributed by atoms with Crippen LogP contribution in [0.4, 0.5) is 0 Å². The zero-order chi connectivity index (χ0) is 13.9. The molecule has 2 heterocycles. The van der Waals surface area contributed by atoms with E-state index in [-0.39, 0.29) is 0 Å². The summed E-state index contributed by atoms with van der Waals surface area (Å²) >= 11 is 0. The molecule has 0 aliphatic heterocycles. The van der Waals surface area contributed by atoms with Gasteiger partial charge in [-0.1, -0.05) is 11.2 Å². The summed E-state index contributed by atoms with van der Waals surface area (Å²) in [5, 5.41) is 3.97. The Balaban J connectivity index is 1.98. The molecule has 3 aromatic rings. The SMILES string of the molecule is COc1ccc(-c2nc(-c3ccccn3)no2)c(C)c1. The average Bonchev–Trinajstić information content (AvgIpc) is 2.97. The van der Waals surface area contributed by atoms with Crippen LogP contribution in [0.1, 0.15) is 5.56 Å². The van der Waals surface area contributed by atoms with Gasteiger partial charge in [0.05, 0.1) is 7.11 Å². The van der Waals surface area contributed by atoms with Gasteiger partial charge in [-0.3, -0.25) is 4.98 Å². The lowest BCUT2D eigenvalue weighted by atomic mass is 10.1.